The van der Waals surface area contributed by atoms with Crippen LogP contribution in [0.4, 0.5) is 10.5 Å². The van der Waals surface area contributed by atoms with E-state index >= 15 is 0 Å². The standard InChI is InChI=1S/C12H13Cl2N3O2/c1-17-6-8(5-11(17)18)15-12(19)16-10-3-2-7(13)4-9(10)14/h2-4,8H,5-6H2,1H3,(H2,15,16,19). The maximum absolute atomic E-state index is 11.8. The first-order valence-electron chi connectivity index (χ1n) is 5.72. The van der Waals surface area contributed by atoms with Crippen LogP contribution in [0.15, 0.2) is 18.2 Å². The van der Waals surface area contributed by atoms with Crippen LogP contribution in [0.5, 0.6) is 0 Å². The molecule has 0 radical (unpaired) electrons. The van der Waals surface area contributed by atoms with E-state index < -0.39 is 6.03 Å². The molecule has 0 spiro atoms. The summed E-state index contributed by atoms with van der Waals surface area (Å²) in [6.45, 7) is 0.514. The van der Waals surface area contributed by atoms with Crippen LogP contribution in [0.25, 0.3) is 0 Å². The Morgan fingerprint density at radius 3 is 2.74 bits per heavy atom. The predicted octanol–water partition coefficient (Wildman–Crippen LogP) is 2.35. The van der Waals surface area contributed by atoms with Gasteiger partial charge in [-0.3, -0.25) is 4.79 Å². The van der Waals surface area contributed by atoms with E-state index in [2.05, 4.69) is 10.6 Å². The van der Waals surface area contributed by atoms with Gasteiger partial charge < -0.3 is 15.5 Å². The first-order chi connectivity index (χ1) is 8.95. The lowest BCUT2D eigenvalue weighted by molar-refractivity contribution is -0.126. The average molecular weight is 302 g/mol. The highest BCUT2D eigenvalue weighted by atomic mass is 35.5. The van der Waals surface area contributed by atoms with E-state index in [0.717, 1.165) is 0 Å². The Labute approximate surface area is 120 Å². The van der Waals surface area contributed by atoms with Crippen LogP contribution in [0, 0.1) is 0 Å². The largest absolute Gasteiger partial charge is 0.344 e. The highest BCUT2D eigenvalue weighted by Crippen LogP contribution is 2.25. The molecule has 1 saturated heterocycles. The lowest BCUT2D eigenvalue weighted by Crippen LogP contribution is -2.39. The van der Waals surface area contributed by atoms with Crippen LogP contribution in [-0.2, 0) is 4.79 Å². The number of nitrogens with zero attached hydrogens (tertiary/aromatic N) is 1. The second-order valence-electron chi connectivity index (χ2n) is 4.40. The Bertz CT molecular complexity index is 522. The van der Waals surface area contributed by atoms with Gasteiger partial charge >= 0.3 is 6.03 Å². The zero-order chi connectivity index (χ0) is 14.0. The van der Waals surface area contributed by atoms with Crippen LogP contribution in [0.1, 0.15) is 6.42 Å². The van der Waals surface area contributed by atoms with Gasteiger partial charge in [0.15, 0.2) is 0 Å². The van der Waals surface area contributed by atoms with Gasteiger partial charge in [-0.2, -0.15) is 0 Å². The Balaban J connectivity index is 1.93. The molecule has 7 heteroatoms. The third-order valence-corrected chi connectivity index (χ3v) is 3.40. The third kappa shape index (κ3) is 3.52. The summed E-state index contributed by atoms with van der Waals surface area (Å²) in [5.74, 6) is 0.0230. The number of carbonyl (C=O) groups excluding carboxylic acids is 2. The number of amides is 3. The number of hydrogen-bond acceptors (Lipinski definition) is 2. The van der Waals surface area contributed by atoms with Crippen molar-refractivity contribution < 1.29 is 9.59 Å². The van der Waals surface area contributed by atoms with Crippen molar-refractivity contribution in [1.29, 1.82) is 0 Å². The van der Waals surface area contributed by atoms with Gasteiger partial charge in [-0.25, -0.2) is 4.79 Å². The number of likely N-dealkylation sites (tertiary alicyclic amines) is 1. The maximum atomic E-state index is 11.8. The van der Waals surface area contributed by atoms with Crippen LogP contribution in [0.2, 0.25) is 10.0 Å². The molecule has 5 nitrogen and oxygen atoms in total. The number of nitrogens with one attached hydrogen (secondary N) is 2. The number of anilines is 1. The zero-order valence-corrected chi connectivity index (χ0v) is 11.8. The van der Waals surface area contributed by atoms with Crippen molar-refractivity contribution >= 4 is 40.8 Å². The van der Waals surface area contributed by atoms with E-state index in [1.165, 1.54) is 0 Å². The summed E-state index contributed by atoms with van der Waals surface area (Å²) >= 11 is 11.7. The fraction of sp³-hybridized carbons (Fsp3) is 0.333. The summed E-state index contributed by atoms with van der Waals surface area (Å²) in [5.41, 5.74) is 0.473. The van der Waals surface area contributed by atoms with E-state index in [4.69, 9.17) is 23.2 Å². The van der Waals surface area contributed by atoms with Gasteiger partial charge in [-0.1, -0.05) is 23.2 Å². The van der Waals surface area contributed by atoms with Crippen LogP contribution in [-0.4, -0.2) is 36.5 Å². The number of urea groups is 1. The van der Waals surface area contributed by atoms with Crippen LogP contribution in [0.3, 0.4) is 0 Å². The number of benzene rings is 1. The zero-order valence-electron chi connectivity index (χ0n) is 10.2. The minimum atomic E-state index is -0.391. The maximum Gasteiger partial charge on any atom is 0.319 e. The number of carbonyl (C=O) groups is 2. The molecular formula is C12H13Cl2N3O2. The molecule has 102 valence electrons. The van der Waals surface area contributed by atoms with Crippen molar-refractivity contribution in [3.8, 4) is 0 Å². The Kier molecular flexibility index (Phi) is 4.17. The highest BCUT2D eigenvalue weighted by Gasteiger charge is 2.27. The van der Waals surface area contributed by atoms with Gasteiger partial charge in [0.25, 0.3) is 0 Å². The number of hydrogen-bond donors (Lipinski definition) is 2. The molecule has 0 aliphatic carbocycles. The van der Waals surface area contributed by atoms with E-state index in [0.29, 0.717) is 28.7 Å². The van der Waals surface area contributed by atoms with Crippen LogP contribution >= 0.6 is 23.2 Å². The lowest BCUT2D eigenvalue weighted by Gasteiger charge is -2.14. The van der Waals surface area contributed by atoms with Crippen molar-refractivity contribution in [2.45, 2.75) is 12.5 Å². The quantitative estimate of drug-likeness (QED) is 0.881. The molecule has 1 heterocycles. The van der Waals surface area contributed by atoms with Crippen molar-refractivity contribution in [2.24, 2.45) is 0 Å². The summed E-state index contributed by atoms with van der Waals surface area (Å²) in [5, 5.41) is 6.21. The SMILES string of the molecule is CN1CC(NC(=O)Nc2ccc(Cl)cc2Cl)CC1=O. The summed E-state index contributed by atoms with van der Waals surface area (Å²) in [6.07, 6.45) is 0.318. The van der Waals surface area contributed by atoms with E-state index in [1.807, 2.05) is 0 Å². The molecule has 3 amide bonds. The highest BCUT2D eigenvalue weighted by molar-refractivity contribution is 6.36. The number of rotatable bonds is 2. The molecule has 1 aromatic carbocycles. The summed E-state index contributed by atoms with van der Waals surface area (Å²) in [6, 6.07) is 4.23. The summed E-state index contributed by atoms with van der Waals surface area (Å²) in [7, 11) is 1.71. The van der Waals surface area contributed by atoms with Crippen molar-refractivity contribution in [3.63, 3.8) is 0 Å². The minimum absolute atomic E-state index is 0.0230. The van der Waals surface area contributed by atoms with Gasteiger partial charge in [0.2, 0.25) is 5.91 Å². The Morgan fingerprint density at radius 1 is 1.42 bits per heavy atom. The number of halogens is 2. The molecular weight excluding hydrogens is 289 g/mol. The molecule has 2 N–H and O–H groups in total. The van der Waals surface area contributed by atoms with Gasteiger partial charge in [0, 0.05) is 25.0 Å². The number of likely N-dealkylation sites (N-methyl/N-ethyl adjacent to an activating group) is 1. The minimum Gasteiger partial charge on any atom is -0.344 e. The second-order valence-corrected chi connectivity index (χ2v) is 5.24. The first-order valence-corrected chi connectivity index (χ1v) is 6.48. The fourth-order valence-corrected chi connectivity index (χ4v) is 2.35. The van der Waals surface area contributed by atoms with E-state index in [9.17, 15) is 9.59 Å². The average Bonchev–Trinajstić information content (AvgIpc) is 2.62. The molecule has 0 saturated carbocycles. The molecule has 1 aromatic rings. The lowest BCUT2D eigenvalue weighted by atomic mass is 10.2. The predicted molar refractivity (Wildman–Crippen MR) is 74.7 cm³/mol. The first kappa shape index (κ1) is 14.0. The summed E-state index contributed by atoms with van der Waals surface area (Å²) in [4.78, 5) is 24.7. The normalized spacial score (nSPS) is 18.6. The molecule has 1 aliphatic rings. The monoisotopic (exact) mass is 301 g/mol. The van der Waals surface area contributed by atoms with E-state index in [-0.39, 0.29) is 11.9 Å². The molecule has 1 atom stereocenters. The molecule has 19 heavy (non-hydrogen) atoms. The second kappa shape index (κ2) is 5.67. The van der Waals surface area contributed by atoms with Crippen LogP contribution < -0.4 is 10.6 Å². The van der Waals surface area contributed by atoms with Gasteiger partial charge in [-0.05, 0) is 18.2 Å². The molecule has 2 rings (SSSR count). The van der Waals surface area contributed by atoms with Crippen molar-refractivity contribution in [3.05, 3.63) is 28.2 Å². The molecule has 0 aromatic heterocycles. The summed E-state index contributed by atoms with van der Waals surface area (Å²) < 4.78 is 0. The van der Waals surface area contributed by atoms with Gasteiger partial charge in [0.1, 0.15) is 0 Å². The fourth-order valence-electron chi connectivity index (χ4n) is 1.89. The van der Waals surface area contributed by atoms with E-state index in [1.54, 1.807) is 30.1 Å². The Morgan fingerprint density at radius 2 is 2.16 bits per heavy atom. The molecule has 1 unspecified atom stereocenters. The smallest absolute Gasteiger partial charge is 0.319 e. The van der Waals surface area contributed by atoms with Gasteiger partial charge in [0.05, 0.1) is 16.8 Å². The Hall–Kier alpha value is -1.46. The van der Waals surface area contributed by atoms with Crippen molar-refractivity contribution in [2.75, 3.05) is 18.9 Å². The topological polar surface area (TPSA) is 61.4 Å². The molecule has 1 aliphatic heterocycles. The molecule has 0 bridgehead atoms. The van der Waals surface area contributed by atoms with Crippen molar-refractivity contribution in [1.82, 2.24) is 10.2 Å². The van der Waals surface area contributed by atoms with Gasteiger partial charge in [-0.15, -0.1) is 0 Å². The third-order valence-electron chi connectivity index (χ3n) is 2.86. The molecule has 1 fully saturated rings.